The number of aromatic nitrogens is 2. The monoisotopic (exact) mass is 341 g/mol. The number of halogens is 2. The topological polar surface area (TPSA) is 58.4 Å². The number of likely N-dealkylation sites (N-methyl/N-ethyl adjacent to an activating group) is 1. The summed E-state index contributed by atoms with van der Waals surface area (Å²) in [6.07, 6.45) is 2.27. The molecule has 0 aliphatic carbocycles. The molecule has 0 radical (unpaired) electrons. The Morgan fingerprint density at radius 2 is 2.00 bits per heavy atom. The van der Waals surface area contributed by atoms with Crippen molar-refractivity contribution < 1.29 is 9.90 Å². The molecule has 1 aromatic heterocycles. The molecular weight excluding hydrogens is 325 g/mol. The van der Waals surface area contributed by atoms with E-state index < -0.39 is 12.0 Å². The average molecular weight is 342 g/mol. The van der Waals surface area contributed by atoms with Crippen LogP contribution >= 0.6 is 23.2 Å². The highest BCUT2D eigenvalue weighted by atomic mass is 35.5. The lowest BCUT2D eigenvalue weighted by molar-refractivity contribution is -0.139. The van der Waals surface area contributed by atoms with E-state index in [1.165, 1.54) is 17.0 Å². The first kappa shape index (κ1) is 16.8. The largest absolute Gasteiger partial charge is 0.378 e. The third kappa shape index (κ3) is 4.00. The zero-order valence-corrected chi connectivity index (χ0v) is 13.8. The number of aryl methyl sites for hydroxylation is 1. The Morgan fingerprint density at radius 1 is 1.36 bits per heavy atom. The van der Waals surface area contributed by atoms with Crippen LogP contribution < -0.4 is 0 Å². The third-order valence-corrected chi connectivity index (χ3v) is 3.68. The molecule has 7 heteroatoms. The summed E-state index contributed by atoms with van der Waals surface area (Å²) in [7, 11) is 1.63. The van der Waals surface area contributed by atoms with Gasteiger partial charge in [0.15, 0.2) is 6.10 Å². The number of aliphatic hydroxyl groups is 1. The summed E-state index contributed by atoms with van der Waals surface area (Å²) >= 11 is 11.8. The van der Waals surface area contributed by atoms with Crippen molar-refractivity contribution in [3.8, 4) is 0 Å². The van der Waals surface area contributed by atoms with E-state index in [1.807, 2.05) is 13.1 Å². The van der Waals surface area contributed by atoms with Crippen molar-refractivity contribution in [2.24, 2.45) is 0 Å². The number of carbonyl (C=O) groups is 1. The van der Waals surface area contributed by atoms with E-state index in [0.717, 1.165) is 12.1 Å². The van der Waals surface area contributed by atoms with Crippen molar-refractivity contribution in [2.45, 2.75) is 26.1 Å². The van der Waals surface area contributed by atoms with E-state index in [2.05, 4.69) is 5.10 Å². The molecule has 2 rings (SSSR count). The van der Waals surface area contributed by atoms with Crippen LogP contribution in [0.2, 0.25) is 10.0 Å². The van der Waals surface area contributed by atoms with E-state index in [9.17, 15) is 9.90 Å². The summed E-state index contributed by atoms with van der Waals surface area (Å²) in [5.41, 5.74) is 1.27. The lowest BCUT2D eigenvalue weighted by atomic mass is 10.1. The molecular formula is C15H17Cl2N3O2. The molecule has 0 aliphatic heterocycles. The highest BCUT2D eigenvalue weighted by Crippen LogP contribution is 2.24. The van der Waals surface area contributed by atoms with Gasteiger partial charge in [0.25, 0.3) is 5.91 Å². The molecule has 1 unspecified atom stereocenters. The molecule has 5 nitrogen and oxygen atoms in total. The summed E-state index contributed by atoms with van der Waals surface area (Å²) in [6, 6.07) is 4.60. The average Bonchev–Trinajstić information content (AvgIpc) is 2.92. The Balaban J connectivity index is 2.08. The molecule has 22 heavy (non-hydrogen) atoms. The predicted molar refractivity (Wildman–Crippen MR) is 85.8 cm³/mol. The van der Waals surface area contributed by atoms with E-state index in [1.54, 1.807) is 24.0 Å². The molecule has 0 saturated carbocycles. The highest BCUT2D eigenvalue weighted by Gasteiger charge is 2.22. The van der Waals surface area contributed by atoms with Crippen LogP contribution in [0.3, 0.4) is 0 Å². The second-order valence-corrected chi connectivity index (χ2v) is 5.88. The second kappa shape index (κ2) is 7.13. The Bertz CT molecular complexity index is 652. The van der Waals surface area contributed by atoms with E-state index >= 15 is 0 Å². The molecule has 1 aromatic carbocycles. The molecule has 1 atom stereocenters. The maximum atomic E-state index is 12.3. The summed E-state index contributed by atoms with van der Waals surface area (Å²) < 4.78 is 1.78. The molecule has 0 fully saturated rings. The smallest absolute Gasteiger partial charge is 0.256 e. The first-order chi connectivity index (χ1) is 10.4. The van der Waals surface area contributed by atoms with Gasteiger partial charge >= 0.3 is 0 Å². The molecule has 0 spiro atoms. The van der Waals surface area contributed by atoms with Crippen molar-refractivity contribution in [3.05, 3.63) is 51.8 Å². The Morgan fingerprint density at radius 3 is 2.55 bits per heavy atom. The minimum absolute atomic E-state index is 0.365. The summed E-state index contributed by atoms with van der Waals surface area (Å²) in [5.74, 6) is -0.428. The number of carbonyl (C=O) groups excluding carboxylic acids is 1. The van der Waals surface area contributed by atoms with Gasteiger partial charge in [0, 0.05) is 41.9 Å². The number of hydrogen-bond donors (Lipinski definition) is 1. The third-order valence-electron chi connectivity index (χ3n) is 3.24. The molecule has 0 bridgehead atoms. The number of amides is 1. The summed E-state index contributed by atoms with van der Waals surface area (Å²) in [6.45, 7) is 3.11. The molecule has 1 N–H and O–H groups in total. The van der Waals surface area contributed by atoms with Crippen LogP contribution in [0.15, 0.2) is 30.6 Å². The fraction of sp³-hybridized carbons (Fsp3) is 0.333. The van der Waals surface area contributed by atoms with Crippen molar-refractivity contribution in [1.29, 1.82) is 0 Å². The zero-order valence-electron chi connectivity index (χ0n) is 12.3. The summed E-state index contributed by atoms with van der Waals surface area (Å²) in [4.78, 5) is 13.8. The first-order valence-electron chi connectivity index (χ1n) is 6.81. The van der Waals surface area contributed by atoms with Crippen LogP contribution in [0, 0.1) is 0 Å². The number of benzene rings is 1. The number of rotatable bonds is 5. The van der Waals surface area contributed by atoms with Crippen LogP contribution in [0.4, 0.5) is 0 Å². The molecule has 118 valence electrons. The number of nitrogens with zero attached hydrogens (tertiary/aromatic N) is 3. The van der Waals surface area contributed by atoms with Gasteiger partial charge in [-0.05, 0) is 30.7 Å². The second-order valence-electron chi connectivity index (χ2n) is 5.00. The van der Waals surface area contributed by atoms with Crippen molar-refractivity contribution in [2.75, 3.05) is 7.05 Å². The van der Waals surface area contributed by atoms with Gasteiger partial charge in [0.05, 0.1) is 6.20 Å². The van der Waals surface area contributed by atoms with Gasteiger partial charge in [-0.3, -0.25) is 9.48 Å². The van der Waals surface area contributed by atoms with Crippen LogP contribution in [0.25, 0.3) is 0 Å². The zero-order chi connectivity index (χ0) is 16.3. The summed E-state index contributed by atoms with van der Waals surface area (Å²) in [5, 5.41) is 15.1. The minimum Gasteiger partial charge on any atom is -0.378 e. The Labute approximate surface area is 139 Å². The predicted octanol–water partition coefficient (Wildman–Crippen LogP) is 2.90. The maximum absolute atomic E-state index is 12.3. The lowest BCUT2D eigenvalue weighted by Crippen LogP contribution is -2.31. The van der Waals surface area contributed by atoms with Crippen LogP contribution in [-0.4, -0.2) is 32.7 Å². The van der Waals surface area contributed by atoms with Crippen molar-refractivity contribution >= 4 is 29.1 Å². The number of hydrogen-bond acceptors (Lipinski definition) is 3. The molecule has 2 aromatic rings. The fourth-order valence-corrected chi connectivity index (χ4v) is 2.64. The van der Waals surface area contributed by atoms with Crippen molar-refractivity contribution in [1.82, 2.24) is 14.7 Å². The van der Waals surface area contributed by atoms with Gasteiger partial charge in [0.2, 0.25) is 0 Å². The van der Waals surface area contributed by atoms with Crippen molar-refractivity contribution in [3.63, 3.8) is 0 Å². The van der Waals surface area contributed by atoms with E-state index in [4.69, 9.17) is 23.2 Å². The van der Waals surface area contributed by atoms with Crippen LogP contribution in [0.5, 0.6) is 0 Å². The lowest BCUT2D eigenvalue weighted by Gasteiger charge is -2.20. The van der Waals surface area contributed by atoms with Gasteiger partial charge < -0.3 is 10.0 Å². The SMILES string of the molecule is CCn1cc(CN(C)C(=O)C(O)c2cc(Cl)cc(Cl)c2)cn1. The molecule has 1 heterocycles. The van der Waals surface area contributed by atoms with Gasteiger partial charge in [-0.15, -0.1) is 0 Å². The van der Waals surface area contributed by atoms with E-state index in [-0.39, 0.29) is 0 Å². The molecule has 1 amide bonds. The molecule has 0 aliphatic rings. The standard InChI is InChI=1S/C15H17Cl2N3O2/c1-3-20-9-10(7-18-20)8-19(2)15(22)14(21)11-4-12(16)6-13(17)5-11/h4-7,9,14,21H,3,8H2,1-2H3. The first-order valence-corrected chi connectivity index (χ1v) is 7.56. The highest BCUT2D eigenvalue weighted by molar-refractivity contribution is 6.34. The fourth-order valence-electron chi connectivity index (χ4n) is 2.10. The Hall–Kier alpha value is -1.56. The Kier molecular flexibility index (Phi) is 5.45. The van der Waals surface area contributed by atoms with Gasteiger partial charge in [-0.2, -0.15) is 5.10 Å². The quantitative estimate of drug-likeness (QED) is 0.909. The maximum Gasteiger partial charge on any atom is 0.256 e. The van der Waals surface area contributed by atoms with Gasteiger partial charge in [-0.1, -0.05) is 23.2 Å². The van der Waals surface area contributed by atoms with Crippen LogP contribution in [0.1, 0.15) is 24.2 Å². The minimum atomic E-state index is -1.30. The molecule has 0 saturated heterocycles. The normalized spacial score (nSPS) is 12.2. The number of aliphatic hydroxyl groups excluding tert-OH is 1. The van der Waals surface area contributed by atoms with Gasteiger partial charge in [0.1, 0.15) is 0 Å². The van der Waals surface area contributed by atoms with E-state index in [0.29, 0.717) is 22.2 Å². The van der Waals surface area contributed by atoms with Gasteiger partial charge in [-0.25, -0.2) is 0 Å². The van der Waals surface area contributed by atoms with Crippen LogP contribution in [-0.2, 0) is 17.9 Å².